The Kier molecular flexibility index (Phi) is 3.82. The van der Waals surface area contributed by atoms with E-state index in [1.165, 1.54) is 11.1 Å². The number of unbranched alkanes of at least 4 members (excludes halogenated alkanes) is 1. The molecule has 1 aromatic carbocycles. The van der Waals surface area contributed by atoms with Gasteiger partial charge in [-0.25, -0.2) is 0 Å². The highest BCUT2D eigenvalue weighted by atomic mass is 16.1. The summed E-state index contributed by atoms with van der Waals surface area (Å²) in [7, 11) is 0. The van der Waals surface area contributed by atoms with E-state index >= 15 is 0 Å². The van der Waals surface area contributed by atoms with Gasteiger partial charge in [-0.3, -0.25) is 4.79 Å². The number of nitrogens with two attached hydrogens (primary N) is 1. The third kappa shape index (κ3) is 2.68. The van der Waals surface area contributed by atoms with Gasteiger partial charge in [0.25, 0.3) is 0 Å². The first-order chi connectivity index (χ1) is 8.22. The summed E-state index contributed by atoms with van der Waals surface area (Å²) in [6.07, 6.45) is 5.22. The van der Waals surface area contributed by atoms with Gasteiger partial charge in [0, 0.05) is 5.92 Å². The zero-order valence-corrected chi connectivity index (χ0v) is 10.5. The molecule has 1 aliphatic carbocycles. The van der Waals surface area contributed by atoms with E-state index in [1.807, 2.05) is 0 Å². The molecule has 0 saturated carbocycles. The fourth-order valence-electron chi connectivity index (χ4n) is 2.91. The molecule has 0 saturated heterocycles. The van der Waals surface area contributed by atoms with Crippen LogP contribution in [0.25, 0.3) is 0 Å². The number of hydrogen-bond donors (Lipinski definition) is 1. The molecular formula is C15H21NO. The van der Waals surface area contributed by atoms with Gasteiger partial charge in [0.05, 0.1) is 0 Å². The van der Waals surface area contributed by atoms with Crippen LogP contribution in [0.2, 0.25) is 0 Å². The molecule has 1 aliphatic rings. The first kappa shape index (κ1) is 12.2. The summed E-state index contributed by atoms with van der Waals surface area (Å²) in [5.74, 6) is 0.370. The van der Waals surface area contributed by atoms with Crippen molar-refractivity contribution in [3.63, 3.8) is 0 Å². The molecule has 0 aliphatic heterocycles. The lowest BCUT2D eigenvalue weighted by atomic mass is 9.85. The Bertz CT molecular complexity index is 375. The van der Waals surface area contributed by atoms with Gasteiger partial charge >= 0.3 is 0 Å². The Morgan fingerprint density at radius 1 is 1.35 bits per heavy atom. The second-order valence-corrected chi connectivity index (χ2v) is 5.09. The quantitative estimate of drug-likeness (QED) is 0.832. The summed E-state index contributed by atoms with van der Waals surface area (Å²) < 4.78 is 0. The fraction of sp³-hybridized carbons (Fsp3) is 0.533. The molecule has 0 spiro atoms. The molecule has 2 nitrogen and oxygen atoms in total. The highest BCUT2D eigenvalue weighted by Crippen LogP contribution is 2.33. The first-order valence-corrected chi connectivity index (χ1v) is 6.58. The molecule has 1 atom stereocenters. The van der Waals surface area contributed by atoms with E-state index in [2.05, 4.69) is 31.2 Å². The summed E-state index contributed by atoms with van der Waals surface area (Å²) in [5, 5.41) is 0. The Hall–Kier alpha value is -1.31. The molecule has 1 aromatic rings. The largest absolute Gasteiger partial charge is 0.369 e. The van der Waals surface area contributed by atoms with Crippen molar-refractivity contribution in [3.8, 4) is 0 Å². The van der Waals surface area contributed by atoms with Crippen LogP contribution in [0.4, 0.5) is 0 Å². The smallest absolute Gasteiger partial charge is 0.220 e. The number of amides is 1. The highest BCUT2D eigenvalue weighted by molar-refractivity contribution is 5.77. The van der Waals surface area contributed by atoms with Crippen LogP contribution in [0.15, 0.2) is 24.3 Å². The Morgan fingerprint density at radius 3 is 2.41 bits per heavy atom. The molecule has 0 bridgehead atoms. The van der Waals surface area contributed by atoms with Gasteiger partial charge in [-0.1, -0.05) is 44.0 Å². The topological polar surface area (TPSA) is 43.1 Å². The third-order valence-electron chi connectivity index (χ3n) is 3.89. The average Bonchev–Trinajstić information content (AvgIpc) is 2.72. The third-order valence-corrected chi connectivity index (χ3v) is 3.89. The predicted octanol–water partition coefficient (Wildman–Crippen LogP) is 2.69. The molecule has 0 aromatic heterocycles. The molecule has 1 unspecified atom stereocenters. The fourth-order valence-corrected chi connectivity index (χ4v) is 2.91. The van der Waals surface area contributed by atoms with E-state index in [0.717, 1.165) is 32.1 Å². The molecule has 2 N–H and O–H groups in total. The first-order valence-electron chi connectivity index (χ1n) is 6.58. The number of carbonyl (C=O) groups is 1. The zero-order chi connectivity index (χ0) is 12.3. The zero-order valence-electron chi connectivity index (χ0n) is 10.5. The van der Waals surface area contributed by atoms with Crippen molar-refractivity contribution in [1.29, 1.82) is 0 Å². The minimum absolute atomic E-state index is 0.0577. The van der Waals surface area contributed by atoms with Gasteiger partial charge in [0.1, 0.15) is 0 Å². The van der Waals surface area contributed by atoms with Crippen molar-refractivity contribution in [1.82, 2.24) is 0 Å². The Morgan fingerprint density at radius 2 is 1.94 bits per heavy atom. The van der Waals surface area contributed by atoms with Crippen LogP contribution >= 0.6 is 0 Å². The van der Waals surface area contributed by atoms with Crippen molar-refractivity contribution in [2.24, 2.45) is 17.6 Å². The van der Waals surface area contributed by atoms with Crippen molar-refractivity contribution in [2.45, 2.75) is 39.0 Å². The van der Waals surface area contributed by atoms with E-state index in [4.69, 9.17) is 5.73 Å². The summed E-state index contributed by atoms with van der Waals surface area (Å²) in [6.45, 7) is 2.15. The minimum atomic E-state index is -0.115. The van der Waals surface area contributed by atoms with Crippen LogP contribution in [-0.4, -0.2) is 5.91 Å². The van der Waals surface area contributed by atoms with Crippen molar-refractivity contribution in [3.05, 3.63) is 35.4 Å². The molecule has 0 heterocycles. The second kappa shape index (κ2) is 5.35. The van der Waals surface area contributed by atoms with E-state index < -0.39 is 0 Å². The van der Waals surface area contributed by atoms with Crippen LogP contribution in [0, 0.1) is 11.8 Å². The minimum Gasteiger partial charge on any atom is -0.369 e. The number of rotatable bonds is 5. The van der Waals surface area contributed by atoms with Crippen molar-refractivity contribution in [2.75, 3.05) is 0 Å². The van der Waals surface area contributed by atoms with E-state index in [0.29, 0.717) is 5.92 Å². The van der Waals surface area contributed by atoms with Gasteiger partial charge < -0.3 is 5.73 Å². The molecule has 0 radical (unpaired) electrons. The van der Waals surface area contributed by atoms with E-state index in [1.54, 1.807) is 0 Å². The molecule has 2 heteroatoms. The number of carbonyl (C=O) groups excluding carboxylic acids is 1. The van der Waals surface area contributed by atoms with Crippen molar-refractivity contribution < 1.29 is 4.79 Å². The van der Waals surface area contributed by atoms with E-state index in [9.17, 15) is 4.79 Å². The number of primary amides is 1. The second-order valence-electron chi connectivity index (χ2n) is 5.09. The summed E-state index contributed by atoms with van der Waals surface area (Å²) in [6, 6.07) is 8.50. The lowest BCUT2D eigenvalue weighted by Gasteiger charge is -2.19. The Labute approximate surface area is 103 Å². The standard InChI is InChI=1S/C15H21NO/c1-2-3-8-14(15(16)17)13-9-11-6-4-5-7-12(11)10-13/h4-7,13-14H,2-3,8-10H2,1H3,(H2,16,17). The maximum Gasteiger partial charge on any atom is 0.220 e. The van der Waals surface area contributed by atoms with Crippen LogP contribution in [0.5, 0.6) is 0 Å². The number of fused-ring (bicyclic) bond motifs is 1. The van der Waals surface area contributed by atoms with Crippen LogP contribution in [0.3, 0.4) is 0 Å². The monoisotopic (exact) mass is 231 g/mol. The van der Waals surface area contributed by atoms with Gasteiger partial charge in [-0.05, 0) is 36.3 Å². The molecular weight excluding hydrogens is 210 g/mol. The summed E-state index contributed by atoms with van der Waals surface area (Å²) >= 11 is 0. The van der Waals surface area contributed by atoms with Gasteiger partial charge in [-0.2, -0.15) is 0 Å². The normalized spacial score (nSPS) is 16.8. The maximum absolute atomic E-state index is 11.6. The van der Waals surface area contributed by atoms with E-state index in [-0.39, 0.29) is 11.8 Å². The molecule has 17 heavy (non-hydrogen) atoms. The molecule has 0 fully saturated rings. The maximum atomic E-state index is 11.6. The molecule has 92 valence electrons. The Balaban J connectivity index is 2.06. The average molecular weight is 231 g/mol. The molecule has 1 amide bonds. The molecule has 2 rings (SSSR count). The lowest BCUT2D eigenvalue weighted by Crippen LogP contribution is -2.30. The summed E-state index contributed by atoms with van der Waals surface area (Å²) in [5.41, 5.74) is 8.36. The van der Waals surface area contributed by atoms with Crippen LogP contribution < -0.4 is 5.73 Å². The van der Waals surface area contributed by atoms with Gasteiger partial charge in [0.15, 0.2) is 0 Å². The SMILES string of the molecule is CCCCC(C(N)=O)C1Cc2ccccc2C1. The van der Waals surface area contributed by atoms with Crippen molar-refractivity contribution >= 4 is 5.91 Å². The van der Waals surface area contributed by atoms with Crippen LogP contribution in [-0.2, 0) is 17.6 Å². The number of benzene rings is 1. The van der Waals surface area contributed by atoms with Crippen LogP contribution in [0.1, 0.15) is 37.3 Å². The van der Waals surface area contributed by atoms with Gasteiger partial charge in [-0.15, -0.1) is 0 Å². The highest BCUT2D eigenvalue weighted by Gasteiger charge is 2.31. The summed E-state index contributed by atoms with van der Waals surface area (Å²) in [4.78, 5) is 11.6. The van der Waals surface area contributed by atoms with Gasteiger partial charge in [0.2, 0.25) is 5.91 Å². The predicted molar refractivity (Wildman–Crippen MR) is 69.5 cm³/mol. The number of hydrogen-bond acceptors (Lipinski definition) is 1. The lowest BCUT2D eigenvalue weighted by molar-refractivity contribution is -0.123.